The third-order valence-corrected chi connectivity index (χ3v) is 2.42. The SMILES string of the molecule is CN(C)C1CC(N)CC(O)C1. The molecule has 0 aromatic rings. The Labute approximate surface area is 68.2 Å². The van der Waals surface area contributed by atoms with Gasteiger partial charge in [0.1, 0.15) is 0 Å². The summed E-state index contributed by atoms with van der Waals surface area (Å²) in [5.74, 6) is 0. The molecule has 0 radical (unpaired) electrons. The van der Waals surface area contributed by atoms with E-state index >= 15 is 0 Å². The van der Waals surface area contributed by atoms with Crippen LogP contribution >= 0.6 is 0 Å². The van der Waals surface area contributed by atoms with Crippen LogP contribution in [0.15, 0.2) is 0 Å². The molecule has 1 saturated carbocycles. The first-order valence-corrected chi connectivity index (χ1v) is 4.19. The van der Waals surface area contributed by atoms with Crippen LogP contribution in [-0.4, -0.2) is 42.3 Å². The van der Waals surface area contributed by atoms with Crippen LogP contribution in [0, 0.1) is 0 Å². The molecule has 0 saturated heterocycles. The highest BCUT2D eigenvalue weighted by Gasteiger charge is 2.26. The molecule has 3 atom stereocenters. The van der Waals surface area contributed by atoms with Crippen molar-refractivity contribution in [1.29, 1.82) is 0 Å². The van der Waals surface area contributed by atoms with Crippen molar-refractivity contribution in [3.8, 4) is 0 Å². The van der Waals surface area contributed by atoms with Gasteiger partial charge in [-0.3, -0.25) is 0 Å². The zero-order chi connectivity index (χ0) is 8.43. The molecule has 66 valence electrons. The number of rotatable bonds is 1. The van der Waals surface area contributed by atoms with E-state index in [-0.39, 0.29) is 12.1 Å². The predicted octanol–water partition coefficient (Wildman–Crippen LogP) is -0.211. The van der Waals surface area contributed by atoms with E-state index < -0.39 is 0 Å². The second kappa shape index (κ2) is 3.52. The Bertz CT molecular complexity index is 117. The number of aliphatic hydroxyl groups is 1. The van der Waals surface area contributed by atoms with Gasteiger partial charge in [0.05, 0.1) is 6.10 Å². The van der Waals surface area contributed by atoms with E-state index in [0.717, 1.165) is 19.3 Å². The molecule has 0 heterocycles. The van der Waals surface area contributed by atoms with Crippen molar-refractivity contribution in [3.05, 3.63) is 0 Å². The maximum absolute atomic E-state index is 9.39. The van der Waals surface area contributed by atoms with Gasteiger partial charge in [-0.1, -0.05) is 0 Å². The first kappa shape index (κ1) is 8.97. The van der Waals surface area contributed by atoms with Crippen LogP contribution in [0.1, 0.15) is 19.3 Å². The molecular formula is C8H18N2O. The zero-order valence-corrected chi connectivity index (χ0v) is 7.33. The number of nitrogens with two attached hydrogens (primary N) is 1. The van der Waals surface area contributed by atoms with Gasteiger partial charge in [0.15, 0.2) is 0 Å². The Morgan fingerprint density at radius 3 is 2.36 bits per heavy atom. The summed E-state index contributed by atoms with van der Waals surface area (Å²) >= 11 is 0. The first-order valence-electron chi connectivity index (χ1n) is 4.19. The molecular weight excluding hydrogens is 140 g/mol. The van der Waals surface area contributed by atoms with E-state index in [1.54, 1.807) is 0 Å². The molecule has 0 aromatic heterocycles. The highest BCUT2D eigenvalue weighted by molar-refractivity contribution is 4.84. The van der Waals surface area contributed by atoms with Crippen molar-refractivity contribution < 1.29 is 5.11 Å². The van der Waals surface area contributed by atoms with Crippen LogP contribution in [0.25, 0.3) is 0 Å². The lowest BCUT2D eigenvalue weighted by Gasteiger charge is -2.34. The van der Waals surface area contributed by atoms with Gasteiger partial charge in [-0.25, -0.2) is 0 Å². The van der Waals surface area contributed by atoms with Crippen LogP contribution in [0.3, 0.4) is 0 Å². The minimum Gasteiger partial charge on any atom is -0.393 e. The summed E-state index contributed by atoms with van der Waals surface area (Å²) in [6.07, 6.45) is 2.47. The summed E-state index contributed by atoms with van der Waals surface area (Å²) in [4.78, 5) is 2.14. The minimum absolute atomic E-state index is 0.186. The Kier molecular flexibility index (Phi) is 2.87. The summed E-state index contributed by atoms with van der Waals surface area (Å²) in [5, 5.41) is 9.39. The smallest absolute Gasteiger partial charge is 0.0569 e. The molecule has 1 rings (SSSR count). The molecule has 0 spiro atoms. The van der Waals surface area contributed by atoms with Gasteiger partial charge in [-0.15, -0.1) is 0 Å². The quantitative estimate of drug-likeness (QED) is 0.555. The van der Waals surface area contributed by atoms with E-state index in [1.165, 1.54) is 0 Å². The van der Waals surface area contributed by atoms with Crippen LogP contribution < -0.4 is 5.73 Å². The summed E-state index contributed by atoms with van der Waals surface area (Å²) < 4.78 is 0. The van der Waals surface area contributed by atoms with Crippen molar-refractivity contribution in [2.75, 3.05) is 14.1 Å². The Balaban J connectivity index is 2.43. The second-order valence-electron chi connectivity index (χ2n) is 3.74. The monoisotopic (exact) mass is 158 g/mol. The van der Waals surface area contributed by atoms with Gasteiger partial charge in [-0.05, 0) is 33.4 Å². The van der Waals surface area contributed by atoms with Crippen LogP contribution in [0.2, 0.25) is 0 Å². The van der Waals surface area contributed by atoms with Crippen molar-refractivity contribution in [3.63, 3.8) is 0 Å². The number of hydrogen-bond donors (Lipinski definition) is 2. The highest BCUT2D eigenvalue weighted by Crippen LogP contribution is 2.20. The molecule has 1 aliphatic rings. The Morgan fingerprint density at radius 2 is 1.91 bits per heavy atom. The lowest BCUT2D eigenvalue weighted by molar-refractivity contribution is 0.0723. The van der Waals surface area contributed by atoms with Gasteiger partial charge in [0, 0.05) is 12.1 Å². The van der Waals surface area contributed by atoms with E-state index in [0.29, 0.717) is 6.04 Å². The maximum atomic E-state index is 9.39. The molecule has 0 amide bonds. The normalized spacial score (nSPS) is 39.5. The summed E-state index contributed by atoms with van der Waals surface area (Å²) in [7, 11) is 4.07. The highest BCUT2D eigenvalue weighted by atomic mass is 16.3. The summed E-state index contributed by atoms with van der Waals surface area (Å²) in [6.45, 7) is 0. The molecule has 1 aliphatic carbocycles. The fraction of sp³-hybridized carbons (Fsp3) is 1.00. The number of hydrogen-bond acceptors (Lipinski definition) is 3. The first-order chi connectivity index (χ1) is 5.09. The molecule has 11 heavy (non-hydrogen) atoms. The average molecular weight is 158 g/mol. The maximum Gasteiger partial charge on any atom is 0.0569 e. The molecule has 0 aliphatic heterocycles. The Hall–Kier alpha value is -0.120. The van der Waals surface area contributed by atoms with Gasteiger partial charge in [0.25, 0.3) is 0 Å². The number of aliphatic hydroxyl groups excluding tert-OH is 1. The number of nitrogens with zero attached hydrogens (tertiary/aromatic N) is 1. The van der Waals surface area contributed by atoms with Gasteiger partial charge in [-0.2, -0.15) is 0 Å². The Morgan fingerprint density at radius 1 is 1.27 bits per heavy atom. The van der Waals surface area contributed by atoms with Crippen molar-refractivity contribution in [1.82, 2.24) is 4.90 Å². The van der Waals surface area contributed by atoms with E-state index in [9.17, 15) is 5.11 Å². The minimum atomic E-state index is -0.189. The molecule has 3 unspecified atom stereocenters. The van der Waals surface area contributed by atoms with Crippen molar-refractivity contribution in [2.45, 2.75) is 37.5 Å². The second-order valence-corrected chi connectivity index (χ2v) is 3.74. The van der Waals surface area contributed by atoms with Crippen molar-refractivity contribution >= 4 is 0 Å². The van der Waals surface area contributed by atoms with Gasteiger partial charge < -0.3 is 15.7 Å². The average Bonchev–Trinajstić information content (AvgIpc) is 1.85. The van der Waals surface area contributed by atoms with Crippen molar-refractivity contribution in [2.24, 2.45) is 5.73 Å². The fourth-order valence-corrected chi connectivity index (χ4v) is 1.72. The summed E-state index contributed by atoms with van der Waals surface area (Å²) in [6, 6.07) is 0.653. The van der Waals surface area contributed by atoms with E-state index in [2.05, 4.69) is 4.90 Å². The fourth-order valence-electron chi connectivity index (χ4n) is 1.72. The molecule has 3 nitrogen and oxygen atoms in total. The zero-order valence-electron chi connectivity index (χ0n) is 7.33. The molecule has 3 heteroatoms. The molecule has 0 aromatic carbocycles. The predicted molar refractivity (Wildman–Crippen MR) is 45.3 cm³/mol. The molecule has 0 bridgehead atoms. The largest absolute Gasteiger partial charge is 0.393 e. The van der Waals surface area contributed by atoms with Crippen LogP contribution in [0.5, 0.6) is 0 Å². The van der Waals surface area contributed by atoms with E-state index in [4.69, 9.17) is 5.73 Å². The lowest BCUT2D eigenvalue weighted by atomic mass is 9.89. The topological polar surface area (TPSA) is 49.5 Å². The van der Waals surface area contributed by atoms with Gasteiger partial charge in [0.2, 0.25) is 0 Å². The van der Waals surface area contributed by atoms with Crippen LogP contribution in [0.4, 0.5) is 0 Å². The molecule has 3 N–H and O–H groups in total. The van der Waals surface area contributed by atoms with Gasteiger partial charge >= 0.3 is 0 Å². The summed E-state index contributed by atoms with van der Waals surface area (Å²) in [5.41, 5.74) is 5.77. The van der Waals surface area contributed by atoms with E-state index in [1.807, 2.05) is 14.1 Å². The third kappa shape index (κ3) is 2.43. The standard InChI is InChI=1S/C8H18N2O/c1-10(2)7-3-6(9)4-8(11)5-7/h6-8,11H,3-5,9H2,1-2H3. The molecule has 1 fully saturated rings. The third-order valence-electron chi connectivity index (χ3n) is 2.42. The lowest BCUT2D eigenvalue weighted by Crippen LogP contribution is -2.43. The van der Waals surface area contributed by atoms with Crippen LogP contribution in [-0.2, 0) is 0 Å².